The molecule has 8 heteroatoms. The van der Waals surface area contributed by atoms with Gasteiger partial charge >= 0.3 is 5.97 Å². The van der Waals surface area contributed by atoms with Crippen molar-refractivity contribution in [3.05, 3.63) is 97.0 Å². The molecule has 1 N–H and O–H groups in total. The molecule has 0 aliphatic rings. The molecular formula is C24H18N4O4. The number of aromatic nitrogens is 1. The van der Waals surface area contributed by atoms with Crippen molar-refractivity contribution < 1.29 is 18.7 Å². The number of nitrogens with one attached hydrogen (secondary N) is 1. The van der Waals surface area contributed by atoms with Crippen LogP contribution in [-0.2, 0) is 9.53 Å². The van der Waals surface area contributed by atoms with Crippen molar-refractivity contribution in [3.63, 3.8) is 0 Å². The molecule has 1 aromatic heterocycles. The Balaban J connectivity index is 1.26. The van der Waals surface area contributed by atoms with Crippen LogP contribution in [-0.4, -0.2) is 23.5 Å². The summed E-state index contributed by atoms with van der Waals surface area (Å²) in [7, 11) is 0. The molecule has 0 aliphatic carbocycles. The summed E-state index contributed by atoms with van der Waals surface area (Å²) in [5.74, 6) is -0.451. The lowest BCUT2D eigenvalue weighted by Gasteiger charge is -2.07. The molecule has 0 saturated carbocycles. The van der Waals surface area contributed by atoms with Crippen LogP contribution in [0.15, 0.2) is 106 Å². The number of azo groups is 1. The highest BCUT2D eigenvalue weighted by atomic mass is 16.5. The zero-order valence-corrected chi connectivity index (χ0v) is 16.8. The lowest BCUT2D eigenvalue weighted by Crippen LogP contribution is -2.20. The molecule has 0 atom stereocenters. The molecule has 32 heavy (non-hydrogen) atoms. The fourth-order valence-electron chi connectivity index (χ4n) is 2.76. The second-order valence-corrected chi connectivity index (χ2v) is 6.65. The van der Waals surface area contributed by atoms with E-state index in [4.69, 9.17) is 9.15 Å². The average Bonchev–Trinajstić information content (AvgIpc) is 3.38. The first kappa shape index (κ1) is 20.7. The quantitative estimate of drug-likeness (QED) is 0.308. The number of carbonyl (C=O) groups excluding carboxylic acids is 2. The Bertz CT molecular complexity index is 1200. The third kappa shape index (κ3) is 5.51. The summed E-state index contributed by atoms with van der Waals surface area (Å²) in [5, 5.41) is 11.0. The van der Waals surface area contributed by atoms with Crippen molar-refractivity contribution in [1.29, 1.82) is 0 Å². The molecule has 1 heterocycles. The summed E-state index contributed by atoms with van der Waals surface area (Å²) in [4.78, 5) is 28.1. The predicted octanol–water partition coefficient (Wildman–Crippen LogP) is 5.55. The van der Waals surface area contributed by atoms with Crippen molar-refractivity contribution in [2.75, 3.05) is 11.9 Å². The van der Waals surface area contributed by atoms with Crippen molar-refractivity contribution in [1.82, 2.24) is 4.98 Å². The minimum atomic E-state index is -0.596. The molecule has 0 spiro atoms. The van der Waals surface area contributed by atoms with Crippen LogP contribution in [0.25, 0.3) is 11.3 Å². The molecule has 3 aromatic carbocycles. The van der Waals surface area contributed by atoms with Crippen molar-refractivity contribution in [2.24, 2.45) is 10.2 Å². The summed E-state index contributed by atoms with van der Waals surface area (Å²) in [6.07, 6.45) is 2.91. The highest BCUT2D eigenvalue weighted by Crippen LogP contribution is 2.21. The summed E-state index contributed by atoms with van der Waals surface area (Å²) in [5.41, 5.74) is 3.06. The average molecular weight is 426 g/mol. The molecule has 4 aromatic rings. The Morgan fingerprint density at radius 1 is 0.875 bits per heavy atom. The van der Waals surface area contributed by atoms with E-state index in [1.165, 1.54) is 6.39 Å². The number of rotatable bonds is 7. The number of ether oxygens (including phenoxy) is 1. The maximum atomic E-state index is 12.2. The normalized spacial score (nSPS) is 10.8. The van der Waals surface area contributed by atoms with Crippen LogP contribution in [0.2, 0.25) is 0 Å². The van der Waals surface area contributed by atoms with Crippen molar-refractivity contribution >= 4 is 28.9 Å². The molecule has 0 fully saturated rings. The number of oxazole rings is 1. The number of anilines is 1. The lowest BCUT2D eigenvalue weighted by molar-refractivity contribution is -0.119. The first-order chi connectivity index (χ1) is 15.7. The minimum Gasteiger partial charge on any atom is -0.452 e. The van der Waals surface area contributed by atoms with Crippen LogP contribution < -0.4 is 5.32 Å². The topological polar surface area (TPSA) is 106 Å². The van der Waals surface area contributed by atoms with E-state index < -0.39 is 18.5 Å². The van der Waals surface area contributed by atoms with E-state index in [-0.39, 0.29) is 0 Å². The summed E-state index contributed by atoms with van der Waals surface area (Å²) in [6.45, 7) is -0.405. The lowest BCUT2D eigenvalue weighted by atomic mass is 10.1. The molecule has 0 unspecified atom stereocenters. The second-order valence-electron chi connectivity index (χ2n) is 6.65. The van der Waals surface area contributed by atoms with E-state index in [1.807, 2.05) is 30.3 Å². The first-order valence-electron chi connectivity index (χ1n) is 9.70. The Labute approximate surface area is 183 Å². The maximum absolute atomic E-state index is 12.2. The zero-order valence-electron chi connectivity index (χ0n) is 16.8. The monoisotopic (exact) mass is 426 g/mol. The maximum Gasteiger partial charge on any atom is 0.338 e. The molecule has 4 rings (SSSR count). The standard InChI is InChI=1S/C24H18N4O4/c29-23(15-31-24(30)18-8-6-17(7-9-18)22-14-25-16-32-22)26-19-10-12-21(13-11-19)28-27-20-4-2-1-3-5-20/h1-14,16H,15H2,(H,26,29). The van der Waals surface area contributed by atoms with Gasteiger partial charge in [0.25, 0.3) is 5.91 Å². The van der Waals surface area contributed by atoms with Crippen LogP contribution in [0.1, 0.15) is 10.4 Å². The van der Waals surface area contributed by atoms with E-state index in [9.17, 15) is 9.59 Å². The van der Waals surface area contributed by atoms with Crippen LogP contribution in [0.3, 0.4) is 0 Å². The van der Waals surface area contributed by atoms with Crippen LogP contribution in [0, 0.1) is 0 Å². The largest absolute Gasteiger partial charge is 0.452 e. The summed E-state index contributed by atoms with van der Waals surface area (Å²) < 4.78 is 10.3. The highest BCUT2D eigenvalue weighted by Gasteiger charge is 2.11. The van der Waals surface area contributed by atoms with Crippen LogP contribution in [0.5, 0.6) is 0 Å². The highest BCUT2D eigenvalue weighted by molar-refractivity contribution is 5.95. The van der Waals surface area contributed by atoms with Gasteiger partial charge in [-0.25, -0.2) is 9.78 Å². The van der Waals surface area contributed by atoms with Gasteiger partial charge in [-0.15, -0.1) is 0 Å². The zero-order chi connectivity index (χ0) is 22.2. The second kappa shape index (κ2) is 9.94. The number of esters is 1. The first-order valence-corrected chi connectivity index (χ1v) is 9.70. The molecular weight excluding hydrogens is 408 g/mol. The molecule has 1 amide bonds. The van der Waals surface area contributed by atoms with E-state index in [1.54, 1.807) is 54.7 Å². The SMILES string of the molecule is O=C(COC(=O)c1ccc(-c2cnco2)cc1)Nc1ccc(N=Nc2ccccc2)cc1. The van der Waals surface area contributed by atoms with Gasteiger partial charge in [0, 0.05) is 11.3 Å². The van der Waals surface area contributed by atoms with E-state index in [0.29, 0.717) is 22.7 Å². The Hall–Kier alpha value is -4.59. The molecule has 0 aliphatic heterocycles. The molecule has 0 saturated heterocycles. The Morgan fingerprint density at radius 3 is 2.22 bits per heavy atom. The molecule has 8 nitrogen and oxygen atoms in total. The number of hydrogen-bond acceptors (Lipinski definition) is 7. The summed E-state index contributed by atoms with van der Waals surface area (Å²) in [6, 6.07) is 22.8. The van der Waals surface area contributed by atoms with Crippen LogP contribution >= 0.6 is 0 Å². The van der Waals surface area contributed by atoms with E-state index >= 15 is 0 Å². The minimum absolute atomic E-state index is 0.328. The van der Waals surface area contributed by atoms with Gasteiger partial charge in [-0.05, 0) is 48.5 Å². The van der Waals surface area contributed by atoms with Gasteiger partial charge in [0.05, 0.1) is 23.1 Å². The van der Waals surface area contributed by atoms with Crippen molar-refractivity contribution in [2.45, 2.75) is 0 Å². The number of carbonyl (C=O) groups is 2. The number of amides is 1. The predicted molar refractivity (Wildman–Crippen MR) is 118 cm³/mol. The van der Waals surface area contributed by atoms with Gasteiger partial charge in [-0.1, -0.05) is 30.3 Å². The molecule has 158 valence electrons. The smallest absolute Gasteiger partial charge is 0.338 e. The van der Waals surface area contributed by atoms with Gasteiger partial charge in [0.2, 0.25) is 0 Å². The number of hydrogen-bond donors (Lipinski definition) is 1. The van der Waals surface area contributed by atoms with Gasteiger partial charge in [-0.3, -0.25) is 4.79 Å². The number of benzene rings is 3. The fraction of sp³-hybridized carbons (Fsp3) is 0.0417. The summed E-state index contributed by atoms with van der Waals surface area (Å²) >= 11 is 0. The third-order valence-corrected chi connectivity index (χ3v) is 4.36. The Kier molecular flexibility index (Phi) is 6.42. The van der Waals surface area contributed by atoms with Crippen LogP contribution in [0.4, 0.5) is 17.1 Å². The Morgan fingerprint density at radius 2 is 1.56 bits per heavy atom. The van der Waals surface area contributed by atoms with E-state index in [2.05, 4.69) is 20.5 Å². The fourth-order valence-corrected chi connectivity index (χ4v) is 2.76. The van der Waals surface area contributed by atoms with Gasteiger partial charge in [0.15, 0.2) is 18.8 Å². The molecule has 0 bridgehead atoms. The van der Waals surface area contributed by atoms with Gasteiger partial charge in [0.1, 0.15) is 0 Å². The molecule has 0 radical (unpaired) electrons. The van der Waals surface area contributed by atoms with Gasteiger partial charge < -0.3 is 14.5 Å². The van der Waals surface area contributed by atoms with E-state index in [0.717, 1.165) is 11.3 Å². The van der Waals surface area contributed by atoms with Crippen molar-refractivity contribution in [3.8, 4) is 11.3 Å². The third-order valence-electron chi connectivity index (χ3n) is 4.36. The number of nitrogens with zero attached hydrogens (tertiary/aromatic N) is 3. The van der Waals surface area contributed by atoms with Gasteiger partial charge in [-0.2, -0.15) is 10.2 Å².